The molecule has 0 bridgehead atoms. The third-order valence-corrected chi connectivity index (χ3v) is 6.01. The van der Waals surface area contributed by atoms with E-state index in [1.165, 1.54) is 0 Å². The summed E-state index contributed by atoms with van der Waals surface area (Å²) in [7, 11) is 5.23. The first-order valence-corrected chi connectivity index (χ1v) is 9.65. The minimum absolute atomic E-state index is 0.124. The van der Waals surface area contributed by atoms with Crippen molar-refractivity contribution in [3.05, 3.63) is 29.8 Å². The summed E-state index contributed by atoms with van der Waals surface area (Å²) in [5.41, 5.74) is 0.986. The number of nitrogens with zero attached hydrogens (tertiary/aromatic N) is 2. The highest BCUT2D eigenvalue weighted by Crippen LogP contribution is 2.45. The van der Waals surface area contributed by atoms with Crippen LogP contribution in [0.3, 0.4) is 0 Å². The Hall–Kier alpha value is -2.08. The van der Waals surface area contributed by atoms with E-state index in [1.807, 2.05) is 29.2 Å². The van der Waals surface area contributed by atoms with Gasteiger partial charge in [-0.3, -0.25) is 9.59 Å². The molecule has 0 radical (unpaired) electrons. The number of carbonyl (C=O) groups excluding carboxylic acids is 2. The lowest BCUT2D eigenvalue weighted by molar-refractivity contribution is -0.138. The van der Waals surface area contributed by atoms with Gasteiger partial charge in [0.25, 0.3) is 0 Å². The summed E-state index contributed by atoms with van der Waals surface area (Å²) in [6.07, 6.45) is 2.85. The quantitative estimate of drug-likeness (QED) is 0.791. The van der Waals surface area contributed by atoms with Gasteiger partial charge in [-0.05, 0) is 37.0 Å². The molecule has 0 saturated carbocycles. The van der Waals surface area contributed by atoms with E-state index < -0.39 is 0 Å². The molecule has 0 N–H and O–H groups in total. The molecule has 1 atom stereocenters. The van der Waals surface area contributed by atoms with Crippen molar-refractivity contribution in [2.24, 2.45) is 11.3 Å². The first kappa shape index (κ1) is 19.7. The van der Waals surface area contributed by atoms with Gasteiger partial charge in [-0.2, -0.15) is 0 Å². The van der Waals surface area contributed by atoms with Crippen LogP contribution in [0.2, 0.25) is 0 Å². The molecule has 6 heteroatoms. The van der Waals surface area contributed by atoms with Crippen LogP contribution >= 0.6 is 0 Å². The van der Waals surface area contributed by atoms with Crippen molar-refractivity contribution in [2.75, 3.05) is 47.5 Å². The Morgan fingerprint density at radius 1 is 1.22 bits per heavy atom. The number of rotatable bonds is 5. The fraction of sp³-hybridized carbons (Fsp3) is 0.619. The fourth-order valence-electron chi connectivity index (χ4n) is 4.30. The zero-order valence-corrected chi connectivity index (χ0v) is 16.6. The number of benzene rings is 1. The zero-order valence-electron chi connectivity index (χ0n) is 16.6. The zero-order chi connectivity index (χ0) is 19.4. The molecule has 2 amide bonds. The van der Waals surface area contributed by atoms with Gasteiger partial charge in [0.1, 0.15) is 5.75 Å². The lowest BCUT2D eigenvalue weighted by atomic mass is 9.71. The highest BCUT2D eigenvalue weighted by atomic mass is 16.5. The SMILES string of the molecule is COc1ccc(CCC(=O)N2CC(C(=O)N(C)C)C3(CCOCC3)C2)cc1. The van der Waals surface area contributed by atoms with Gasteiger partial charge in [0, 0.05) is 52.2 Å². The standard InChI is InChI=1S/C21H30N2O4/c1-22(2)20(25)18-14-23(15-21(18)10-12-27-13-11-21)19(24)9-6-16-4-7-17(26-3)8-5-16/h4-5,7-8,18H,6,9-15H2,1-3H3. The molecule has 0 aliphatic carbocycles. The maximum absolute atomic E-state index is 12.9. The van der Waals surface area contributed by atoms with Crippen LogP contribution < -0.4 is 4.74 Å². The molecular weight excluding hydrogens is 344 g/mol. The van der Waals surface area contributed by atoms with Gasteiger partial charge < -0.3 is 19.3 Å². The van der Waals surface area contributed by atoms with Crippen LogP contribution in [0, 0.1) is 11.3 Å². The van der Waals surface area contributed by atoms with Gasteiger partial charge in [-0.15, -0.1) is 0 Å². The van der Waals surface area contributed by atoms with Crippen molar-refractivity contribution >= 4 is 11.8 Å². The van der Waals surface area contributed by atoms with E-state index in [1.54, 1.807) is 26.1 Å². The minimum Gasteiger partial charge on any atom is -0.497 e. The lowest BCUT2D eigenvalue weighted by Gasteiger charge is -2.37. The number of methoxy groups -OCH3 is 1. The largest absolute Gasteiger partial charge is 0.497 e. The van der Waals surface area contributed by atoms with Gasteiger partial charge >= 0.3 is 0 Å². The summed E-state index contributed by atoms with van der Waals surface area (Å²) in [5.74, 6) is 0.950. The summed E-state index contributed by atoms with van der Waals surface area (Å²) in [4.78, 5) is 29.2. The van der Waals surface area contributed by atoms with Crippen molar-refractivity contribution < 1.29 is 19.1 Å². The summed E-state index contributed by atoms with van der Waals surface area (Å²) < 4.78 is 10.7. The second kappa shape index (κ2) is 8.30. The molecule has 1 aromatic carbocycles. The summed E-state index contributed by atoms with van der Waals surface area (Å²) in [5, 5.41) is 0. The van der Waals surface area contributed by atoms with Gasteiger partial charge in [0.15, 0.2) is 0 Å². The molecular formula is C21H30N2O4. The number of ether oxygens (including phenoxy) is 2. The fourth-order valence-corrected chi connectivity index (χ4v) is 4.30. The van der Waals surface area contributed by atoms with Crippen molar-refractivity contribution in [1.82, 2.24) is 9.80 Å². The molecule has 148 valence electrons. The summed E-state index contributed by atoms with van der Waals surface area (Å²) in [6, 6.07) is 7.82. The van der Waals surface area contributed by atoms with E-state index in [-0.39, 0.29) is 23.1 Å². The van der Waals surface area contributed by atoms with E-state index in [2.05, 4.69) is 0 Å². The maximum atomic E-state index is 12.9. The predicted octanol–water partition coefficient (Wildman–Crippen LogP) is 1.97. The molecule has 6 nitrogen and oxygen atoms in total. The highest BCUT2D eigenvalue weighted by Gasteiger charge is 2.51. The predicted molar refractivity (Wildman–Crippen MR) is 103 cm³/mol. The van der Waals surface area contributed by atoms with Crippen LogP contribution in [0.25, 0.3) is 0 Å². The number of hydrogen-bond acceptors (Lipinski definition) is 4. The monoisotopic (exact) mass is 374 g/mol. The van der Waals surface area contributed by atoms with Crippen molar-refractivity contribution in [1.29, 1.82) is 0 Å². The van der Waals surface area contributed by atoms with Gasteiger partial charge in [-0.1, -0.05) is 12.1 Å². The number of amides is 2. The van der Waals surface area contributed by atoms with Gasteiger partial charge in [0.05, 0.1) is 13.0 Å². The van der Waals surface area contributed by atoms with Crippen LogP contribution in [0.15, 0.2) is 24.3 Å². The first-order valence-electron chi connectivity index (χ1n) is 9.65. The van der Waals surface area contributed by atoms with Crippen molar-refractivity contribution in [2.45, 2.75) is 25.7 Å². The van der Waals surface area contributed by atoms with Crippen molar-refractivity contribution in [3.8, 4) is 5.75 Å². The number of likely N-dealkylation sites (tertiary alicyclic amines) is 1. The molecule has 1 spiro atoms. The first-order chi connectivity index (χ1) is 12.9. The van der Waals surface area contributed by atoms with E-state index in [4.69, 9.17) is 9.47 Å². The summed E-state index contributed by atoms with van der Waals surface area (Å²) >= 11 is 0. The Morgan fingerprint density at radius 3 is 2.48 bits per heavy atom. The second-order valence-electron chi connectivity index (χ2n) is 7.88. The van der Waals surface area contributed by atoms with E-state index >= 15 is 0 Å². The highest BCUT2D eigenvalue weighted by molar-refractivity contribution is 5.83. The average molecular weight is 374 g/mol. The molecule has 1 unspecified atom stereocenters. The summed E-state index contributed by atoms with van der Waals surface area (Å²) in [6.45, 7) is 2.54. The number of hydrogen-bond donors (Lipinski definition) is 0. The Labute approximate surface area is 161 Å². The molecule has 2 aliphatic rings. The molecule has 2 aliphatic heterocycles. The Morgan fingerprint density at radius 2 is 1.89 bits per heavy atom. The van der Waals surface area contributed by atoms with Crippen LogP contribution in [0.4, 0.5) is 0 Å². The normalized spacial score (nSPS) is 21.3. The Bertz CT molecular complexity index is 665. The Balaban J connectivity index is 1.65. The molecule has 27 heavy (non-hydrogen) atoms. The number of carbonyl (C=O) groups is 2. The average Bonchev–Trinajstić information content (AvgIpc) is 3.04. The van der Waals surface area contributed by atoms with E-state index in [0.717, 1.165) is 24.2 Å². The van der Waals surface area contributed by atoms with Crippen LogP contribution in [0.1, 0.15) is 24.8 Å². The van der Waals surface area contributed by atoms with Crippen LogP contribution in [0.5, 0.6) is 5.75 Å². The molecule has 2 heterocycles. The number of aryl methyl sites for hydroxylation is 1. The van der Waals surface area contributed by atoms with Gasteiger partial charge in [0.2, 0.25) is 11.8 Å². The molecule has 3 rings (SSSR count). The van der Waals surface area contributed by atoms with Gasteiger partial charge in [-0.25, -0.2) is 0 Å². The molecule has 1 aromatic rings. The van der Waals surface area contributed by atoms with E-state index in [9.17, 15) is 9.59 Å². The molecule has 2 saturated heterocycles. The van der Waals surface area contributed by atoms with E-state index in [0.29, 0.717) is 39.1 Å². The third kappa shape index (κ3) is 4.26. The molecule has 2 fully saturated rings. The minimum atomic E-state index is -0.130. The smallest absolute Gasteiger partial charge is 0.227 e. The second-order valence-corrected chi connectivity index (χ2v) is 7.88. The van der Waals surface area contributed by atoms with Crippen LogP contribution in [-0.4, -0.2) is 69.1 Å². The lowest BCUT2D eigenvalue weighted by Crippen LogP contribution is -2.44. The third-order valence-electron chi connectivity index (χ3n) is 6.01. The maximum Gasteiger partial charge on any atom is 0.227 e. The van der Waals surface area contributed by atoms with Crippen LogP contribution in [-0.2, 0) is 20.7 Å². The topological polar surface area (TPSA) is 59.1 Å². The Kier molecular flexibility index (Phi) is 6.05. The molecule has 0 aromatic heterocycles. The van der Waals surface area contributed by atoms with Crippen molar-refractivity contribution in [3.63, 3.8) is 0 Å².